The number of rotatable bonds is 5. The molecule has 0 aliphatic carbocycles. The molecule has 1 N–H and O–H groups in total. The zero-order valence-corrected chi connectivity index (χ0v) is 14.5. The lowest BCUT2D eigenvalue weighted by Gasteiger charge is -2.25. The number of aromatic nitrogens is 1. The Morgan fingerprint density at radius 2 is 2.38 bits per heavy atom. The highest BCUT2D eigenvalue weighted by atomic mass is 79.9. The van der Waals surface area contributed by atoms with Crippen LogP contribution in [0.1, 0.15) is 22.9 Å². The summed E-state index contributed by atoms with van der Waals surface area (Å²) >= 11 is 5.39. The van der Waals surface area contributed by atoms with E-state index in [-0.39, 0.29) is 0 Å². The molecule has 1 saturated heterocycles. The fourth-order valence-electron chi connectivity index (χ4n) is 3.14. The van der Waals surface area contributed by atoms with E-state index in [4.69, 9.17) is 0 Å². The van der Waals surface area contributed by atoms with Gasteiger partial charge in [-0.2, -0.15) is 0 Å². The molecular weight excluding hydrogens is 346 g/mol. The van der Waals surface area contributed by atoms with Crippen LogP contribution in [0, 0.1) is 5.92 Å². The van der Waals surface area contributed by atoms with Crippen molar-refractivity contribution < 1.29 is 0 Å². The minimum atomic E-state index is 0.484. The van der Waals surface area contributed by atoms with Crippen molar-refractivity contribution in [3.8, 4) is 0 Å². The summed E-state index contributed by atoms with van der Waals surface area (Å²) in [6, 6.07) is 6.83. The summed E-state index contributed by atoms with van der Waals surface area (Å²) in [6.45, 7) is 3.15. The van der Waals surface area contributed by atoms with Gasteiger partial charge in [-0.3, -0.25) is 9.88 Å². The van der Waals surface area contributed by atoms with Crippen molar-refractivity contribution in [1.29, 1.82) is 0 Å². The number of thiophene rings is 1. The third-order valence-electron chi connectivity index (χ3n) is 4.18. The number of halogens is 1. The van der Waals surface area contributed by atoms with Gasteiger partial charge in [0.05, 0.1) is 0 Å². The van der Waals surface area contributed by atoms with Crippen molar-refractivity contribution in [3.63, 3.8) is 0 Å². The summed E-state index contributed by atoms with van der Waals surface area (Å²) in [5.74, 6) is 0.651. The molecule has 3 heterocycles. The van der Waals surface area contributed by atoms with E-state index >= 15 is 0 Å². The van der Waals surface area contributed by atoms with Crippen molar-refractivity contribution in [2.45, 2.75) is 19.0 Å². The predicted octanol–water partition coefficient (Wildman–Crippen LogP) is 3.69. The predicted molar refractivity (Wildman–Crippen MR) is 91.4 cm³/mol. The van der Waals surface area contributed by atoms with E-state index in [2.05, 4.69) is 55.7 Å². The molecule has 0 unspecified atom stereocenters. The Hall–Kier alpha value is -0.750. The molecule has 3 rings (SSSR count). The number of nitrogens with one attached hydrogen (secondary N) is 1. The first kappa shape index (κ1) is 15.2. The van der Waals surface area contributed by atoms with Crippen LogP contribution in [0.4, 0.5) is 0 Å². The number of likely N-dealkylation sites (tertiary alicyclic amines) is 1. The Morgan fingerprint density at radius 1 is 1.48 bits per heavy atom. The quantitative estimate of drug-likeness (QED) is 0.875. The number of pyridine rings is 1. The standard InChI is InChI=1S/C16H20BrN3S/c1-20-7-4-13(16(20)12-3-2-6-18-9-12)10-19-11-15-14(17)5-8-21-15/h2-3,5-6,8-9,13,16,19H,4,7,10-11H2,1H3/t13-,16-/m0/s1. The lowest BCUT2D eigenvalue weighted by atomic mass is 9.95. The summed E-state index contributed by atoms with van der Waals surface area (Å²) in [4.78, 5) is 8.10. The van der Waals surface area contributed by atoms with Crippen LogP contribution < -0.4 is 5.32 Å². The van der Waals surface area contributed by atoms with Crippen molar-refractivity contribution >= 4 is 27.3 Å². The molecule has 2 atom stereocenters. The minimum absolute atomic E-state index is 0.484. The Balaban J connectivity index is 1.60. The van der Waals surface area contributed by atoms with Crippen LogP contribution >= 0.6 is 27.3 Å². The van der Waals surface area contributed by atoms with Crippen LogP contribution in [-0.2, 0) is 6.54 Å². The molecule has 2 aromatic rings. The molecule has 5 heteroatoms. The second-order valence-corrected chi connectivity index (χ2v) is 7.44. The van der Waals surface area contributed by atoms with Gasteiger partial charge in [0.15, 0.2) is 0 Å². The maximum atomic E-state index is 4.28. The Labute approximate surface area is 138 Å². The van der Waals surface area contributed by atoms with E-state index in [0.29, 0.717) is 12.0 Å². The molecule has 2 aromatic heterocycles. The molecule has 1 fully saturated rings. The van der Waals surface area contributed by atoms with E-state index in [0.717, 1.165) is 19.6 Å². The largest absolute Gasteiger partial charge is 0.311 e. The number of hydrogen-bond donors (Lipinski definition) is 1. The fourth-order valence-corrected chi connectivity index (χ4v) is 4.60. The zero-order valence-electron chi connectivity index (χ0n) is 12.1. The summed E-state index contributed by atoms with van der Waals surface area (Å²) in [5.41, 5.74) is 1.33. The van der Waals surface area contributed by atoms with Crippen LogP contribution in [0.25, 0.3) is 0 Å². The van der Waals surface area contributed by atoms with Crippen molar-refractivity contribution in [2.75, 3.05) is 20.1 Å². The molecule has 0 radical (unpaired) electrons. The van der Waals surface area contributed by atoms with Crippen molar-refractivity contribution in [1.82, 2.24) is 15.2 Å². The summed E-state index contributed by atoms with van der Waals surface area (Å²) in [5, 5.41) is 5.75. The molecule has 0 amide bonds. The number of nitrogens with zero attached hydrogens (tertiary/aromatic N) is 2. The van der Waals surface area contributed by atoms with Gasteiger partial charge in [0, 0.05) is 40.9 Å². The van der Waals surface area contributed by atoms with Gasteiger partial charge in [0.1, 0.15) is 0 Å². The number of hydrogen-bond acceptors (Lipinski definition) is 4. The SMILES string of the molecule is CN1CC[C@@H](CNCc2sccc2Br)[C@@H]1c1cccnc1. The highest BCUT2D eigenvalue weighted by Gasteiger charge is 2.32. The second-order valence-electron chi connectivity index (χ2n) is 5.58. The Morgan fingerprint density at radius 3 is 3.10 bits per heavy atom. The maximum absolute atomic E-state index is 4.28. The first-order valence-electron chi connectivity index (χ1n) is 7.28. The van der Waals surface area contributed by atoms with Crippen molar-refractivity contribution in [3.05, 3.63) is 50.9 Å². The van der Waals surface area contributed by atoms with E-state index < -0.39 is 0 Å². The van der Waals surface area contributed by atoms with Crippen LogP contribution in [-0.4, -0.2) is 30.0 Å². The molecule has 0 spiro atoms. The Kier molecular flexibility index (Phi) is 5.06. The van der Waals surface area contributed by atoms with Gasteiger partial charge in [0.25, 0.3) is 0 Å². The van der Waals surface area contributed by atoms with Crippen LogP contribution in [0.5, 0.6) is 0 Å². The molecule has 0 bridgehead atoms. The lowest BCUT2D eigenvalue weighted by molar-refractivity contribution is 0.271. The molecule has 21 heavy (non-hydrogen) atoms. The smallest absolute Gasteiger partial charge is 0.0401 e. The molecule has 0 aromatic carbocycles. The summed E-state index contributed by atoms with van der Waals surface area (Å²) in [7, 11) is 2.22. The van der Waals surface area contributed by atoms with Gasteiger partial charge in [0.2, 0.25) is 0 Å². The van der Waals surface area contributed by atoms with E-state index in [1.54, 1.807) is 11.3 Å². The average Bonchev–Trinajstić information content (AvgIpc) is 3.07. The fraction of sp³-hybridized carbons (Fsp3) is 0.438. The average molecular weight is 366 g/mol. The lowest BCUT2D eigenvalue weighted by Crippen LogP contribution is -2.28. The highest BCUT2D eigenvalue weighted by molar-refractivity contribution is 9.10. The first-order valence-corrected chi connectivity index (χ1v) is 8.95. The molecule has 112 valence electrons. The monoisotopic (exact) mass is 365 g/mol. The van der Waals surface area contributed by atoms with Gasteiger partial charge in [-0.05, 0) is 64.9 Å². The van der Waals surface area contributed by atoms with Crippen molar-refractivity contribution in [2.24, 2.45) is 5.92 Å². The Bertz CT molecular complexity index is 572. The summed E-state index contributed by atoms with van der Waals surface area (Å²) in [6.07, 6.45) is 5.10. The van der Waals surface area contributed by atoms with E-state index in [1.165, 1.54) is 21.3 Å². The topological polar surface area (TPSA) is 28.2 Å². The third-order valence-corrected chi connectivity index (χ3v) is 6.11. The van der Waals surface area contributed by atoms with Crippen LogP contribution in [0.15, 0.2) is 40.4 Å². The van der Waals surface area contributed by atoms with Crippen LogP contribution in [0.3, 0.4) is 0 Å². The third kappa shape index (κ3) is 3.54. The first-order chi connectivity index (χ1) is 10.3. The molecule has 1 aliphatic rings. The normalized spacial score (nSPS) is 22.8. The second kappa shape index (κ2) is 7.01. The zero-order chi connectivity index (χ0) is 14.7. The van der Waals surface area contributed by atoms with Gasteiger partial charge >= 0.3 is 0 Å². The maximum Gasteiger partial charge on any atom is 0.0401 e. The molecule has 0 saturated carbocycles. The minimum Gasteiger partial charge on any atom is -0.311 e. The van der Waals surface area contributed by atoms with Gasteiger partial charge in [-0.15, -0.1) is 11.3 Å². The van der Waals surface area contributed by atoms with Gasteiger partial charge in [-0.25, -0.2) is 0 Å². The molecular formula is C16H20BrN3S. The van der Waals surface area contributed by atoms with Crippen LogP contribution in [0.2, 0.25) is 0 Å². The van der Waals surface area contributed by atoms with Gasteiger partial charge < -0.3 is 5.32 Å². The molecule has 3 nitrogen and oxygen atoms in total. The van der Waals surface area contributed by atoms with Gasteiger partial charge in [-0.1, -0.05) is 6.07 Å². The summed E-state index contributed by atoms with van der Waals surface area (Å²) < 4.78 is 1.22. The molecule has 1 aliphatic heterocycles. The van der Waals surface area contributed by atoms with E-state index in [1.807, 2.05) is 18.5 Å². The van der Waals surface area contributed by atoms with E-state index in [9.17, 15) is 0 Å². The highest BCUT2D eigenvalue weighted by Crippen LogP contribution is 2.35.